The van der Waals surface area contributed by atoms with Gasteiger partial charge in [0.25, 0.3) is 0 Å². The number of aromatic carboxylic acids is 1. The fourth-order valence-electron chi connectivity index (χ4n) is 3.96. The van der Waals surface area contributed by atoms with Crippen molar-refractivity contribution in [3.8, 4) is 11.1 Å². The van der Waals surface area contributed by atoms with Gasteiger partial charge in [-0.25, -0.2) is 9.59 Å². The van der Waals surface area contributed by atoms with E-state index in [-0.39, 0.29) is 24.6 Å². The van der Waals surface area contributed by atoms with Crippen molar-refractivity contribution in [2.24, 2.45) is 7.05 Å². The van der Waals surface area contributed by atoms with Crippen LogP contribution in [0.4, 0.5) is 4.79 Å². The van der Waals surface area contributed by atoms with Gasteiger partial charge in [-0.2, -0.15) is 0 Å². The van der Waals surface area contributed by atoms with Crippen molar-refractivity contribution in [2.45, 2.75) is 19.4 Å². The quantitative estimate of drug-likeness (QED) is 0.688. The summed E-state index contributed by atoms with van der Waals surface area (Å²) in [5, 5.41) is 11.9. The van der Waals surface area contributed by atoms with Crippen LogP contribution in [0.25, 0.3) is 11.1 Å². The van der Waals surface area contributed by atoms with Gasteiger partial charge >= 0.3 is 12.1 Å². The first kappa shape index (κ1) is 18.8. The van der Waals surface area contributed by atoms with Gasteiger partial charge in [0.1, 0.15) is 6.61 Å². The number of amides is 1. The summed E-state index contributed by atoms with van der Waals surface area (Å²) in [7, 11) is 1.77. The third-order valence-corrected chi connectivity index (χ3v) is 5.62. The van der Waals surface area contributed by atoms with Gasteiger partial charge in [0.2, 0.25) is 0 Å². The number of carbonyl (C=O) groups excluding carboxylic acids is 1. The van der Waals surface area contributed by atoms with E-state index in [1.54, 1.807) is 24.6 Å². The summed E-state index contributed by atoms with van der Waals surface area (Å²) >= 11 is 0. The molecule has 0 saturated heterocycles. The van der Waals surface area contributed by atoms with E-state index in [4.69, 9.17) is 4.74 Å². The fraction of sp³-hybridized carbons (Fsp3) is 0.217. The number of ether oxygens (including phenoxy) is 1. The normalized spacial score (nSPS) is 12.3. The lowest BCUT2D eigenvalue weighted by Gasteiger charge is -2.14. The summed E-state index contributed by atoms with van der Waals surface area (Å²) in [5.41, 5.74) is 6.25. The Morgan fingerprint density at radius 3 is 2.21 bits per heavy atom. The van der Waals surface area contributed by atoms with Crippen molar-refractivity contribution in [1.29, 1.82) is 0 Å². The van der Waals surface area contributed by atoms with Crippen LogP contribution in [0.15, 0.2) is 54.6 Å². The van der Waals surface area contributed by atoms with Crippen LogP contribution in [-0.2, 0) is 18.3 Å². The van der Waals surface area contributed by atoms with Crippen LogP contribution in [0.1, 0.15) is 38.8 Å². The van der Waals surface area contributed by atoms with Crippen molar-refractivity contribution < 1.29 is 19.4 Å². The van der Waals surface area contributed by atoms with E-state index in [2.05, 4.69) is 29.6 Å². The van der Waals surface area contributed by atoms with Crippen molar-refractivity contribution in [3.63, 3.8) is 0 Å². The standard InChI is InChI=1S/C23H22N2O4/c1-14-20(22(26)27)11-15(25(14)2)12-24-23(28)29-13-21-18-9-5-3-7-16(18)17-8-4-6-10-19(17)21/h3-11,21H,12-13H2,1-2H3,(H,24,28)(H,26,27). The second-order valence-corrected chi connectivity index (χ2v) is 7.18. The molecule has 0 saturated carbocycles. The maximum atomic E-state index is 12.3. The number of rotatable bonds is 5. The van der Waals surface area contributed by atoms with E-state index >= 15 is 0 Å². The molecule has 1 heterocycles. The van der Waals surface area contributed by atoms with Gasteiger partial charge < -0.3 is 19.7 Å². The second kappa shape index (κ2) is 7.47. The minimum atomic E-state index is -0.981. The second-order valence-electron chi connectivity index (χ2n) is 7.18. The summed E-state index contributed by atoms with van der Waals surface area (Å²) in [4.78, 5) is 23.5. The number of benzene rings is 2. The molecule has 1 amide bonds. The lowest BCUT2D eigenvalue weighted by atomic mass is 9.98. The van der Waals surface area contributed by atoms with Gasteiger partial charge in [0.15, 0.2) is 0 Å². The molecule has 2 aromatic carbocycles. The predicted molar refractivity (Wildman–Crippen MR) is 109 cm³/mol. The lowest BCUT2D eigenvalue weighted by Crippen LogP contribution is -2.26. The van der Waals surface area contributed by atoms with Crippen LogP contribution < -0.4 is 5.32 Å². The summed E-state index contributed by atoms with van der Waals surface area (Å²) in [6.45, 7) is 2.17. The monoisotopic (exact) mass is 390 g/mol. The van der Waals surface area contributed by atoms with Crippen molar-refractivity contribution in [3.05, 3.63) is 82.7 Å². The van der Waals surface area contributed by atoms with Gasteiger partial charge in [-0.05, 0) is 35.2 Å². The van der Waals surface area contributed by atoms with E-state index < -0.39 is 12.1 Å². The van der Waals surface area contributed by atoms with Crippen LogP contribution in [0.5, 0.6) is 0 Å². The first-order valence-electron chi connectivity index (χ1n) is 9.44. The molecular formula is C23H22N2O4. The van der Waals surface area contributed by atoms with E-state index in [0.29, 0.717) is 11.4 Å². The smallest absolute Gasteiger partial charge is 0.407 e. The van der Waals surface area contributed by atoms with Crippen LogP contribution in [0.2, 0.25) is 0 Å². The Bertz CT molecular complexity index is 1050. The van der Waals surface area contributed by atoms with Crippen LogP contribution >= 0.6 is 0 Å². The fourth-order valence-corrected chi connectivity index (χ4v) is 3.96. The molecule has 1 aromatic heterocycles. The molecule has 1 aliphatic carbocycles. The topological polar surface area (TPSA) is 80.6 Å². The molecule has 29 heavy (non-hydrogen) atoms. The third kappa shape index (κ3) is 3.38. The van der Waals surface area contributed by atoms with Crippen LogP contribution in [0, 0.1) is 6.92 Å². The van der Waals surface area contributed by atoms with Gasteiger partial charge in [-0.1, -0.05) is 48.5 Å². The summed E-state index contributed by atoms with van der Waals surface area (Å²) < 4.78 is 7.27. The molecule has 0 radical (unpaired) electrons. The molecular weight excluding hydrogens is 368 g/mol. The summed E-state index contributed by atoms with van der Waals surface area (Å²) in [6, 6.07) is 17.9. The number of nitrogens with one attached hydrogen (secondary N) is 1. The van der Waals surface area contributed by atoms with Crippen molar-refractivity contribution >= 4 is 12.1 Å². The maximum Gasteiger partial charge on any atom is 0.407 e. The summed E-state index contributed by atoms with van der Waals surface area (Å²) in [6.07, 6.45) is -0.525. The van der Waals surface area contributed by atoms with Crippen LogP contribution in [0.3, 0.4) is 0 Å². The Balaban J connectivity index is 1.42. The molecule has 0 fully saturated rings. The van der Waals surface area contributed by atoms with E-state index in [0.717, 1.165) is 11.1 Å². The molecule has 2 N–H and O–H groups in total. The van der Waals surface area contributed by atoms with Gasteiger partial charge in [0, 0.05) is 24.4 Å². The van der Waals surface area contributed by atoms with E-state index in [1.165, 1.54) is 11.1 Å². The van der Waals surface area contributed by atoms with Gasteiger partial charge in [-0.15, -0.1) is 0 Å². The number of carbonyl (C=O) groups is 2. The largest absolute Gasteiger partial charge is 0.478 e. The molecule has 6 heteroatoms. The number of carboxylic acids is 1. The molecule has 0 atom stereocenters. The number of hydrogen-bond acceptors (Lipinski definition) is 3. The van der Waals surface area contributed by atoms with E-state index in [1.807, 2.05) is 24.3 Å². The zero-order valence-electron chi connectivity index (χ0n) is 16.3. The third-order valence-electron chi connectivity index (χ3n) is 5.62. The average molecular weight is 390 g/mol. The average Bonchev–Trinajstić information content (AvgIpc) is 3.20. The van der Waals surface area contributed by atoms with Crippen molar-refractivity contribution in [1.82, 2.24) is 9.88 Å². The molecule has 4 rings (SSSR count). The molecule has 6 nitrogen and oxygen atoms in total. The highest BCUT2D eigenvalue weighted by Gasteiger charge is 2.29. The van der Waals surface area contributed by atoms with Gasteiger partial charge in [-0.3, -0.25) is 0 Å². The number of alkyl carbamates (subject to hydrolysis) is 1. The van der Waals surface area contributed by atoms with Crippen LogP contribution in [-0.4, -0.2) is 28.3 Å². The number of nitrogens with zero attached hydrogens (tertiary/aromatic N) is 1. The number of fused-ring (bicyclic) bond motifs is 3. The maximum absolute atomic E-state index is 12.3. The number of aromatic nitrogens is 1. The minimum Gasteiger partial charge on any atom is -0.478 e. The summed E-state index contributed by atoms with van der Waals surface area (Å²) in [5.74, 6) is -0.977. The first-order valence-corrected chi connectivity index (χ1v) is 9.44. The Morgan fingerprint density at radius 1 is 1.07 bits per heavy atom. The molecule has 148 valence electrons. The minimum absolute atomic E-state index is 0.00374. The Kier molecular flexibility index (Phi) is 4.84. The lowest BCUT2D eigenvalue weighted by molar-refractivity contribution is 0.0696. The molecule has 0 bridgehead atoms. The SMILES string of the molecule is Cc1c(C(=O)O)cc(CNC(=O)OCC2c3ccccc3-c3ccccc32)n1C. The molecule has 0 aliphatic heterocycles. The Hall–Kier alpha value is -3.54. The number of hydrogen-bond donors (Lipinski definition) is 2. The zero-order valence-corrected chi connectivity index (χ0v) is 16.3. The molecule has 3 aromatic rings. The highest BCUT2D eigenvalue weighted by Crippen LogP contribution is 2.44. The molecule has 0 unspecified atom stereocenters. The van der Waals surface area contributed by atoms with E-state index in [9.17, 15) is 14.7 Å². The predicted octanol–water partition coefficient (Wildman–Crippen LogP) is 4.07. The highest BCUT2D eigenvalue weighted by molar-refractivity contribution is 5.89. The Morgan fingerprint density at radius 2 is 1.66 bits per heavy atom. The zero-order chi connectivity index (χ0) is 20.5. The first-order chi connectivity index (χ1) is 14.0. The van der Waals surface area contributed by atoms with Crippen molar-refractivity contribution in [2.75, 3.05) is 6.61 Å². The molecule has 1 aliphatic rings. The number of carboxylic acid groups (broad SMARTS) is 1. The van der Waals surface area contributed by atoms with Gasteiger partial charge in [0.05, 0.1) is 12.1 Å². The molecule has 0 spiro atoms. The highest BCUT2D eigenvalue weighted by atomic mass is 16.5. The Labute approximate surface area is 168 Å².